The summed E-state index contributed by atoms with van der Waals surface area (Å²) in [5, 5.41) is 7.37. The Labute approximate surface area is 90.4 Å². The molecule has 1 aliphatic carbocycles. The van der Waals surface area contributed by atoms with Gasteiger partial charge in [-0.15, -0.1) is 0 Å². The van der Waals surface area contributed by atoms with Gasteiger partial charge in [0, 0.05) is 5.92 Å². The van der Waals surface area contributed by atoms with Gasteiger partial charge in [-0.05, 0) is 32.2 Å². The summed E-state index contributed by atoms with van der Waals surface area (Å²) in [4.78, 5) is 4.44. The molecule has 1 aromatic rings. The number of nitrogens with one attached hydrogen (secondary N) is 1. The van der Waals surface area contributed by atoms with Crippen LogP contribution >= 0.6 is 0 Å². The largest absolute Gasteiger partial charge is 0.338 e. The molecule has 1 N–H and O–H groups in total. The van der Waals surface area contributed by atoms with Crippen molar-refractivity contribution >= 4 is 0 Å². The van der Waals surface area contributed by atoms with Gasteiger partial charge in [-0.2, -0.15) is 4.98 Å². The molecule has 3 unspecified atom stereocenters. The van der Waals surface area contributed by atoms with E-state index in [1.165, 1.54) is 6.42 Å². The maximum atomic E-state index is 5.25. The number of rotatable bonds is 5. The Kier molecular flexibility index (Phi) is 3.05. The zero-order valence-corrected chi connectivity index (χ0v) is 9.66. The van der Waals surface area contributed by atoms with Gasteiger partial charge in [0.2, 0.25) is 5.89 Å². The summed E-state index contributed by atoms with van der Waals surface area (Å²) in [6, 6.07) is 0.167. The third-order valence-corrected chi connectivity index (χ3v) is 2.97. The van der Waals surface area contributed by atoms with Crippen LogP contribution in [0.2, 0.25) is 0 Å². The van der Waals surface area contributed by atoms with E-state index in [0.717, 1.165) is 30.6 Å². The maximum absolute atomic E-state index is 5.25. The first kappa shape index (κ1) is 10.6. The Morgan fingerprint density at radius 3 is 2.93 bits per heavy atom. The standard InChI is InChI=1S/C11H19N3O/c1-4-5-12-8(3)11-13-10(14-15-11)9-6-7(9)2/h7-9,12H,4-6H2,1-3H3. The molecule has 1 heterocycles. The average Bonchev–Trinajstić information content (AvgIpc) is 2.80. The molecule has 4 heteroatoms. The lowest BCUT2D eigenvalue weighted by molar-refractivity contribution is 0.336. The lowest BCUT2D eigenvalue weighted by atomic mass is 10.3. The van der Waals surface area contributed by atoms with Crippen LogP contribution in [0.25, 0.3) is 0 Å². The lowest BCUT2D eigenvalue weighted by Gasteiger charge is -2.06. The van der Waals surface area contributed by atoms with Crippen molar-refractivity contribution in [3.63, 3.8) is 0 Å². The highest BCUT2D eigenvalue weighted by molar-refractivity contribution is 5.08. The monoisotopic (exact) mass is 209 g/mol. The van der Waals surface area contributed by atoms with Crippen molar-refractivity contribution in [2.75, 3.05) is 6.54 Å². The van der Waals surface area contributed by atoms with Gasteiger partial charge in [0.05, 0.1) is 6.04 Å². The molecular formula is C11H19N3O. The molecular weight excluding hydrogens is 190 g/mol. The fourth-order valence-corrected chi connectivity index (χ4v) is 1.70. The number of nitrogens with zero attached hydrogens (tertiary/aromatic N) is 2. The van der Waals surface area contributed by atoms with Crippen molar-refractivity contribution < 1.29 is 4.52 Å². The second-order valence-electron chi connectivity index (χ2n) is 4.49. The molecule has 0 radical (unpaired) electrons. The van der Waals surface area contributed by atoms with Gasteiger partial charge in [-0.3, -0.25) is 0 Å². The first-order chi connectivity index (χ1) is 7.22. The van der Waals surface area contributed by atoms with Crippen molar-refractivity contribution in [1.29, 1.82) is 0 Å². The van der Waals surface area contributed by atoms with Crippen molar-refractivity contribution in [1.82, 2.24) is 15.5 Å². The number of aromatic nitrogens is 2. The maximum Gasteiger partial charge on any atom is 0.243 e. The van der Waals surface area contributed by atoms with Gasteiger partial charge in [0.25, 0.3) is 0 Å². The summed E-state index contributed by atoms with van der Waals surface area (Å²) in [5.74, 6) is 2.88. The van der Waals surface area contributed by atoms with Crippen LogP contribution in [0.5, 0.6) is 0 Å². The lowest BCUT2D eigenvalue weighted by Crippen LogP contribution is -2.19. The molecule has 0 spiro atoms. The van der Waals surface area contributed by atoms with E-state index in [1.807, 2.05) is 0 Å². The topological polar surface area (TPSA) is 51.0 Å². The van der Waals surface area contributed by atoms with Crippen molar-refractivity contribution in [2.45, 2.75) is 45.6 Å². The summed E-state index contributed by atoms with van der Waals surface area (Å²) in [6.45, 7) is 7.41. The predicted molar refractivity (Wildman–Crippen MR) is 57.5 cm³/mol. The summed E-state index contributed by atoms with van der Waals surface area (Å²) >= 11 is 0. The summed E-state index contributed by atoms with van der Waals surface area (Å²) in [6.07, 6.45) is 2.32. The minimum absolute atomic E-state index is 0.167. The third kappa shape index (κ3) is 2.37. The molecule has 1 fully saturated rings. The molecule has 3 atom stereocenters. The van der Waals surface area contributed by atoms with Crippen LogP contribution in [-0.2, 0) is 0 Å². The van der Waals surface area contributed by atoms with E-state index >= 15 is 0 Å². The highest BCUT2D eigenvalue weighted by atomic mass is 16.5. The zero-order valence-electron chi connectivity index (χ0n) is 9.66. The number of hydrogen-bond donors (Lipinski definition) is 1. The molecule has 0 bridgehead atoms. The predicted octanol–water partition coefficient (Wildman–Crippen LogP) is 2.25. The Morgan fingerprint density at radius 1 is 1.60 bits per heavy atom. The highest BCUT2D eigenvalue weighted by Gasteiger charge is 2.38. The molecule has 1 aliphatic rings. The van der Waals surface area contributed by atoms with E-state index in [1.54, 1.807) is 0 Å². The van der Waals surface area contributed by atoms with Crippen LogP contribution in [0.4, 0.5) is 0 Å². The van der Waals surface area contributed by atoms with Crippen molar-refractivity contribution in [3.05, 3.63) is 11.7 Å². The number of hydrogen-bond acceptors (Lipinski definition) is 4. The van der Waals surface area contributed by atoms with E-state index in [9.17, 15) is 0 Å². The first-order valence-corrected chi connectivity index (χ1v) is 5.79. The Bertz CT molecular complexity index is 323. The Morgan fingerprint density at radius 2 is 2.33 bits per heavy atom. The molecule has 0 aromatic carbocycles. The van der Waals surface area contributed by atoms with Gasteiger partial charge in [0.15, 0.2) is 5.82 Å². The molecule has 15 heavy (non-hydrogen) atoms. The van der Waals surface area contributed by atoms with Crippen LogP contribution in [0.3, 0.4) is 0 Å². The van der Waals surface area contributed by atoms with Gasteiger partial charge < -0.3 is 9.84 Å². The van der Waals surface area contributed by atoms with E-state index < -0.39 is 0 Å². The van der Waals surface area contributed by atoms with Crippen LogP contribution in [-0.4, -0.2) is 16.7 Å². The van der Waals surface area contributed by atoms with Crippen molar-refractivity contribution in [3.8, 4) is 0 Å². The van der Waals surface area contributed by atoms with Gasteiger partial charge in [0.1, 0.15) is 0 Å². The van der Waals surface area contributed by atoms with Crippen LogP contribution < -0.4 is 5.32 Å². The van der Waals surface area contributed by atoms with Crippen LogP contribution in [0.1, 0.15) is 57.3 Å². The fraction of sp³-hybridized carbons (Fsp3) is 0.818. The summed E-state index contributed by atoms with van der Waals surface area (Å²) in [7, 11) is 0. The average molecular weight is 209 g/mol. The SMILES string of the molecule is CCCNC(C)c1nc(C2CC2C)no1. The Balaban J connectivity index is 1.94. The van der Waals surface area contributed by atoms with Crippen LogP contribution in [0.15, 0.2) is 4.52 Å². The van der Waals surface area contributed by atoms with Gasteiger partial charge >= 0.3 is 0 Å². The smallest absolute Gasteiger partial charge is 0.243 e. The minimum Gasteiger partial charge on any atom is -0.338 e. The Hall–Kier alpha value is -0.900. The summed E-state index contributed by atoms with van der Waals surface area (Å²) < 4.78 is 5.25. The first-order valence-electron chi connectivity index (χ1n) is 5.79. The second-order valence-corrected chi connectivity index (χ2v) is 4.49. The molecule has 1 saturated carbocycles. The highest BCUT2D eigenvalue weighted by Crippen LogP contribution is 2.45. The van der Waals surface area contributed by atoms with E-state index in [2.05, 4.69) is 36.2 Å². The fourth-order valence-electron chi connectivity index (χ4n) is 1.70. The molecule has 0 saturated heterocycles. The van der Waals surface area contributed by atoms with E-state index in [0.29, 0.717) is 5.92 Å². The summed E-state index contributed by atoms with van der Waals surface area (Å²) in [5.41, 5.74) is 0. The molecule has 4 nitrogen and oxygen atoms in total. The minimum atomic E-state index is 0.167. The molecule has 84 valence electrons. The van der Waals surface area contributed by atoms with E-state index in [4.69, 9.17) is 4.52 Å². The third-order valence-electron chi connectivity index (χ3n) is 2.97. The zero-order chi connectivity index (χ0) is 10.8. The molecule has 0 aliphatic heterocycles. The quantitative estimate of drug-likeness (QED) is 0.808. The van der Waals surface area contributed by atoms with Crippen molar-refractivity contribution in [2.24, 2.45) is 5.92 Å². The molecule has 1 aromatic heterocycles. The normalized spacial score (nSPS) is 26.6. The molecule has 0 amide bonds. The van der Waals surface area contributed by atoms with Gasteiger partial charge in [-0.1, -0.05) is 19.0 Å². The molecule has 2 rings (SSSR count). The van der Waals surface area contributed by atoms with Crippen LogP contribution in [0, 0.1) is 5.92 Å². The second kappa shape index (κ2) is 4.31. The van der Waals surface area contributed by atoms with Gasteiger partial charge in [-0.25, -0.2) is 0 Å². The van der Waals surface area contributed by atoms with E-state index in [-0.39, 0.29) is 6.04 Å².